The zero-order valence-electron chi connectivity index (χ0n) is 16.5. The zero-order chi connectivity index (χ0) is 20.4. The van der Waals surface area contributed by atoms with Gasteiger partial charge in [0.05, 0.1) is 5.56 Å². The molecule has 1 aliphatic carbocycles. The molecule has 150 valence electrons. The molecular weight excluding hydrogens is 384 g/mol. The van der Waals surface area contributed by atoms with Crippen molar-refractivity contribution in [1.82, 2.24) is 0 Å². The van der Waals surface area contributed by atoms with Gasteiger partial charge in [0.25, 0.3) is 0 Å². The Labute approximate surface area is 176 Å². The molecule has 0 spiro atoms. The molecule has 0 radical (unpaired) electrons. The molecule has 4 rings (SSSR count). The first-order valence-electron chi connectivity index (χ1n) is 10.2. The predicted octanol–water partition coefficient (Wildman–Crippen LogP) is 6.28. The van der Waals surface area contributed by atoms with Gasteiger partial charge in [-0.1, -0.05) is 67.1 Å². The number of hydrogen-bond donors (Lipinski definition) is 1. The van der Waals surface area contributed by atoms with E-state index in [0.717, 1.165) is 30.4 Å². The molecule has 0 saturated heterocycles. The van der Waals surface area contributed by atoms with Gasteiger partial charge in [0.2, 0.25) is 0 Å². The normalized spacial score (nSPS) is 15.8. The van der Waals surface area contributed by atoms with Gasteiger partial charge in [-0.15, -0.1) is 0 Å². The molecule has 2 aromatic carbocycles. The Balaban J connectivity index is 1.69. The summed E-state index contributed by atoms with van der Waals surface area (Å²) in [5, 5.41) is 11.6. The predicted molar refractivity (Wildman–Crippen MR) is 116 cm³/mol. The van der Waals surface area contributed by atoms with E-state index in [1.165, 1.54) is 0 Å². The number of hydrogen-bond acceptors (Lipinski definition) is 3. The fraction of sp³-hybridized carbons (Fsp3) is 0.320. The zero-order valence-corrected chi connectivity index (χ0v) is 17.2. The van der Waals surface area contributed by atoms with E-state index in [2.05, 4.69) is 0 Å². The molecule has 1 saturated carbocycles. The fourth-order valence-electron chi connectivity index (χ4n) is 4.14. The Morgan fingerprint density at radius 3 is 2.41 bits per heavy atom. The van der Waals surface area contributed by atoms with Crippen molar-refractivity contribution in [2.45, 2.75) is 44.4 Å². The van der Waals surface area contributed by atoms with Crippen LogP contribution in [0.25, 0.3) is 0 Å². The van der Waals surface area contributed by atoms with Gasteiger partial charge in [-0.25, -0.2) is 4.79 Å². The molecule has 2 unspecified atom stereocenters. The maximum absolute atomic E-state index is 13.0. The minimum absolute atomic E-state index is 0.0290. The third kappa shape index (κ3) is 4.25. The van der Waals surface area contributed by atoms with Gasteiger partial charge in [-0.3, -0.25) is 0 Å². The average Bonchev–Trinajstić information content (AvgIpc) is 3.55. The first-order valence-corrected chi connectivity index (χ1v) is 10.6. The lowest BCUT2D eigenvalue weighted by Gasteiger charge is -2.20. The summed E-state index contributed by atoms with van der Waals surface area (Å²) in [5.41, 5.74) is 2.01. The van der Waals surface area contributed by atoms with Gasteiger partial charge in [0.15, 0.2) is 0 Å². The molecule has 1 N–H and O–H groups in total. The van der Waals surface area contributed by atoms with E-state index in [-0.39, 0.29) is 17.6 Å². The lowest BCUT2D eigenvalue weighted by atomic mass is 9.87. The molecule has 1 heterocycles. The Morgan fingerprint density at radius 1 is 1.10 bits per heavy atom. The summed E-state index contributed by atoms with van der Waals surface area (Å²) in [6.45, 7) is 2.05. The SMILES string of the molecule is CCC(Cc1ccccc1Cl)c1cc(O)c(C(c2ccccc2)C2CC2)c(=O)o1. The Bertz CT molecular complexity index is 1040. The molecule has 0 bridgehead atoms. The van der Waals surface area contributed by atoms with Crippen molar-refractivity contribution in [3.05, 3.63) is 98.6 Å². The molecule has 1 aliphatic rings. The van der Waals surface area contributed by atoms with Crippen LogP contribution in [0.5, 0.6) is 5.75 Å². The third-order valence-corrected chi connectivity index (χ3v) is 6.24. The van der Waals surface area contributed by atoms with Gasteiger partial charge in [-0.05, 0) is 48.8 Å². The molecule has 29 heavy (non-hydrogen) atoms. The monoisotopic (exact) mass is 408 g/mol. The van der Waals surface area contributed by atoms with Gasteiger partial charge in [0, 0.05) is 22.9 Å². The molecule has 1 fully saturated rings. The van der Waals surface area contributed by atoms with Crippen molar-refractivity contribution in [2.75, 3.05) is 0 Å². The van der Waals surface area contributed by atoms with Crippen LogP contribution in [0, 0.1) is 5.92 Å². The van der Waals surface area contributed by atoms with Crippen molar-refractivity contribution in [2.24, 2.45) is 5.92 Å². The summed E-state index contributed by atoms with van der Waals surface area (Å²) in [7, 11) is 0. The molecular formula is C25H25ClO3. The highest BCUT2D eigenvalue weighted by Gasteiger charge is 2.37. The van der Waals surface area contributed by atoms with E-state index < -0.39 is 5.63 Å². The summed E-state index contributed by atoms with van der Waals surface area (Å²) in [5.74, 6) is 0.779. The number of benzene rings is 2. The van der Waals surface area contributed by atoms with Crippen LogP contribution in [-0.4, -0.2) is 5.11 Å². The first-order chi connectivity index (χ1) is 14.1. The molecule has 0 aliphatic heterocycles. The molecule has 2 atom stereocenters. The van der Waals surface area contributed by atoms with Crippen LogP contribution in [0.15, 0.2) is 69.9 Å². The summed E-state index contributed by atoms with van der Waals surface area (Å²) < 4.78 is 5.78. The van der Waals surface area contributed by atoms with Gasteiger partial charge >= 0.3 is 5.63 Å². The van der Waals surface area contributed by atoms with E-state index in [1.54, 1.807) is 6.07 Å². The van der Waals surface area contributed by atoms with Crippen molar-refractivity contribution < 1.29 is 9.52 Å². The van der Waals surface area contributed by atoms with Crippen LogP contribution >= 0.6 is 11.6 Å². The van der Waals surface area contributed by atoms with Crippen molar-refractivity contribution in [3.63, 3.8) is 0 Å². The molecule has 1 aromatic heterocycles. The van der Waals surface area contributed by atoms with E-state index in [9.17, 15) is 9.90 Å². The Kier molecular flexibility index (Phi) is 5.77. The molecule has 0 amide bonds. The summed E-state index contributed by atoms with van der Waals surface area (Å²) in [6, 6.07) is 19.3. The van der Waals surface area contributed by atoms with Crippen LogP contribution in [0.1, 0.15) is 60.5 Å². The van der Waals surface area contributed by atoms with E-state index in [1.807, 2.05) is 61.5 Å². The number of rotatable bonds is 7. The molecule has 3 nitrogen and oxygen atoms in total. The summed E-state index contributed by atoms with van der Waals surface area (Å²) >= 11 is 6.31. The van der Waals surface area contributed by atoms with E-state index in [0.29, 0.717) is 28.7 Å². The van der Waals surface area contributed by atoms with E-state index >= 15 is 0 Å². The first kappa shape index (κ1) is 19.8. The van der Waals surface area contributed by atoms with Crippen LogP contribution in [0.3, 0.4) is 0 Å². The number of aromatic hydroxyl groups is 1. The largest absolute Gasteiger partial charge is 0.507 e. The van der Waals surface area contributed by atoms with Crippen LogP contribution in [0.4, 0.5) is 0 Å². The summed E-state index contributed by atoms with van der Waals surface area (Å²) in [6.07, 6.45) is 3.55. The second kappa shape index (κ2) is 8.46. The maximum atomic E-state index is 13.0. The minimum atomic E-state index is -0.432. The van der Waals surface area contributed by atoms with Gasteiger partial charge < -0.3 is 9.52 Å². The Hall–Kier alpha value is -2.52. The van der Waals surface area contributed by atoms with Crippen LogP contribution in [0.2, 0.25) is 5.02 Å². The lowest BCUT2D eigenvalue weighted by molar-refractivity contribution is 0.379. The highest BCUT2D eigenvalue weighted by atomic mass is 35.5. The quantitative estimate of drug-likeness (QED) is 0.500. The topological polar surface area (TPSA) is 50.4 Å². The number of halogens is 1. The third-order valence-electron chi connectivity index (χ3n) is 5.87. The summed E-state index contributed by atoms with van der Waals surface area (Å²) in [4.78, 5) is 13.0. The van der Waals surface area contributed by atoms with Gasteiger partial charge in [-0.2, -0.15) is 0 Å². The second-order valence-corrected chi connectivity index (χ2v) is 8.27. The Morgan fingerprint density at radius 2 is 1.79 bits per heavy atom. The smallest absolute Gasteiger partial charge is 0.343 e. The minimum Gasteiger partial charge on any atom is -0.507 e. The van der Waals surface area contributed by atoms with E-state index in [4.69, 9.17) is 16.0 Å². The highest BCUT2D eigenvalue weighted by molar-refractivity contribution is 6.31. The van der Waals surface area contributed by atoms with Crippen molar-refractivity contribution in [3.8, 4) is 5.75 Å². The van der Waals surface area contributed by atoms with Gasteiger partial charge in [0.1, 0.15) is 11.5 Å². The van der Waals surface area contributed by atoms with Crippen LogP contribution < -0.4 is 5.63 Å². The standard InChI is InChI=1S/C25H25ClO3/c1-2-16(14-19-10-6-7-11-20(19)26)22-15-21(27)24(25(28)29-22)23(18-12-13-18)17-8-4-3-5-9-17/h3-11,15-16,18,23,27H,2,12-14H2,1H3. The van der Waals surface area contributed by atoms with Crippen molar-refractivity contribution in [1.29, 1.82) is 0 Å². The molecule has 4 heteroatoms. The van der Waals surface area contributed by atoms with Crippen LogP contribution in [-0.2, 0) is 6.42 Å². The average molecular weight is 409 g/mol. The maximum Gasteiger partial charge on any atom is 0.343 e. The fourth-order valence-corrected chi connectivity index (χ4v) is 4.35. The van der Waals surface area contributed by atoms with Crippen molar-refractivity contribution >= 4 is 11.6 Å². The lowest BCUT2D eigenvalue weighted by Crippen LogP contribution is -2.17. The molecule has 3 aromatic rings. The second-order valence-electron chi connectivity index (χ2n) is 7.86. The highest BCUT2D eigenvalue weighted by Crippen LogP contribution is 2.47.